The lowest BCUT2D eigenvalue weighted by molar-refractivity contribution is -0.138. The molecule has 0 saturated heterocycles. The molecule has 0 aromatic heterocycles. The van der Waals surface area contributed by atoms with Crippen molar-refractivity contribution < 1.29 is 14.6 Å². The Kier molecular flexibility index (Phi) is 7.61. The molecule has 2 aromatic carbocycles. The first-order valence-electron chi connectivity index (χ1n) is 9.19. The van der Waals surface area contributed by atoms with Crippen molar-refractivity contribution in [3.05, 3.63) is 71.3 Å². The van der Waals surface area contributed by atoms with Crippen LogP contribution in [0.4, 0.5) is 0 Å². The van der Waals surface area contributed by atoms with Gasteiger partial charge < -0.3 is 9.84 Å². The average Bonchev–Trinajstić information content (AvgIpc) is 2.64. The summed E-state index contributed by atoms with van der Waals surface area (Å²) in [5.41, 5.74) is 6.38. The van der Waals surface area contributed by atoms with Crippen LogP contribution >= 0.6 is 0 Å². The Balaban J connectivity index is 2.18. The lowest BCUT2D eigenvalue weighted by Crippen LogP contribution is -2.09. The summed E-state index contributed by atoms with van der Waals surface area (Å²) < 4.78 is 5.27. The van der Waals surface area contributed by atoms with E-state index in [1.807, 2.05) is 0 Å². The molecule has 3 nitrogen and oxygen atoms in total. The molecule has 0 unspecified atom stereocenters. The molecule has 138 valence electrons. The number of aliphatic hydroxyl groups excluding tert-OH is 1. The molecule has 0 radical (unpaired) electrons. The van der Waals surface area contributed by atoms with E-state index in [0.29, 0.717) is 25.0 Å². The Morgan fingerprint density at radius 2 is 1.69 bits per heavy atom. The highest BCUT2D eigenvalue weighted by molar-refractivity contribution is 5.86. The number of carbonyl (C=O) groups excluding carboxylic acids is 1. The minimum absolute atomic E-state index is 0.165. The molecule has 0 heterocycles. The van der Waals surface area contributed by atoms with Crippen LogP contribution in [0.25, 0.3) is 11.1 Å². The summed E-state index contributed by atoms with van der Waals surface area (Å²) in [6.07, 6.45) is 3.47. The highest BCUT2D eigenvalue weighted by atomic mass is 16.5. The first kappa shape index (κ1) is 19.9. The molecule has 2 rings (SSSR count). The van der Waals surface area contributed by atoms with Crippen molar-refractivity contribution in [1.82, 2.24) is 0 Å². The van der Waals surface area contributed by atoms with E-state index in [0.717, 1.165) is 29.5 Å². The lowest BCUT2D eigenvalue weighted by Gasteiger charge is -2.13. The quantitative estimate of drug-likeness (QED) is 0.534. The van der Waals surface area contributed by atoms with Crippen molar-refractivity contribution in [1.29, 1.82) is 0 Å². The van der Waals surface area contributed by atoms with E-state index in [2.05, 4.69) is 56.0 Å². The molecule has 0 spiro atoms. The molecule has 0 aliphatic rings. The molecule has 0 aliphatic carbocycles. The van der Waals surface area contributed by atoms with Crippen molar-refractivity contribution >= 4 is 5.97 Å². The fourth-order valence-corrected chi connectivity index (χ4v) is 2.92. The molecular formula is C23H28O3. The second-order valence-electron chi connectivity index (χ2n) is 6.57. The topological polar surface area (TPSA) is 46.5 Å². The van der Waals surface area contributed by atoms with E-state index in [9.17, 15) is 4.79 Å². The Hall–Kier alpha value is -2.39. The zero-order valence-electron chi connectivity index (χ0n) is 15.8. The largest absolute Gasteiger partial charge is 0.462 e. The van der Waals surface area contributed by atoms with Gasteiger partial charge in [-0.1, -0.05) is 62.4 Å². The van der Waals surface area contributed by atoms with Gasteiger partial charge in [-0.25, -0.2) is 4.79 Å². The second kappa shape index (κ2) is 9.93. The first-order valence-corrected chi connectivity index (χ1v) is 9.19. The van der Waals surface area contributed by atoms with E-state index in [-0.39, 0.29) is 12.6 Å². The van der Waals surface area contributed by atoms with Gasteiger partial charge in [0.25, 0.3) is 0 Å². The van der Waals surface area contributed by atoms with Crippen molar-refractivity contribution in [2.24, 2.45) is 0 Å². The maximum Gasteiger partial charge on any atom is 0.333 e. The van der Waals surface area contributed by atoms with Gasteiger partial charge in [-0.3, -0.25) is 0 Å². The molecule has 0 amide bonds. The van der Waals surface area contributed by atoms with E-state index in [1.165, 1.54) is 11.1 Å². The van der Waals surface area contributed by atoms with E-state index in [4.69, 9.17) is 9.84 Å². The highest BCUT2D eigenvalue weighted by Crippen LogP contribution is 2.24. The Labute approximate surface area is 156 Å². The third kappa shape index (κ3) is 5.57. The van der Waals surface area contributed by atoms with Crippen molar-refractivity contribution in [3.8, 4) is 11.1 Å². The third-order valence-electron chi connectivity index (χ3n) is 4.37. The number of benzene rings is 2. The number of carbonyl (C=O) groups is 1. The number of aliphatic hydroxyl groups is 1. The van der Waals surface area contributed by atoms with Gasteiger partial charge >= 0.3 is 5.97 Å². The summed E-state index contributed by atoms with van der Waals surface area (Å²) in [4.78, 5) is 11.6. The summed E-state index contributed by atoms with van der Waals surface area (Å²) in [5.74, 6) is -0.335. The number of rotatable bonds is 9. The van der Waals surface area contributed by atoms with Crippen LogP contribution in [-0.2, 0) is 28.8 Å². The van der Waals surface area contributed by atoms with Crippen LogP contribution in [0.15, 0.2) is 54.6 Å². The molecular weight excluding hydrogens is 324 g/mol. The zero-order valence-corrected chi connectivity index (χ0v) is 15.8. The molecule has 0 atom stereocenters. The minimum atomic E-state index is -0.335. The summed E-state index contributed by atoms with van der Waals surface area (Å²) in [7, 11) is 0. The van der Waals surface area contributed by atoms with Crippen molar-refractivity contribution in [2.75, 3.05) is 13.2 Å². The lowest BCUT2D eigenvalue weighted by atomic mass is 9.95. The van der Waals surface area contributed by atoms with Gasteiger partial charge in [0, 0.05) is 18.6 Å². The van der Waals surface area contributed by atoms with Crippen LogP contribution in [0.3, 0.4) is 0 Å². The Bertz CT molecular complexity index is 745. The van der Waals surface area contributed by atoms with Gasteiger partial charge in [0.15, 0.2) is 0 Å². The monoisotopic (exact) mass is 352 g/mol. The summed E-state index contributed by atoms with van der Waals surface area (Å²) in [6, 6.07) is 14.8. The van der Waals surface area contributed by atoms with Gasteiger partial charge in [0.2, 0.25) is 0 Å². The van der Waals surface area contributed by atoms with Gasteiger partial charge in [0.05, 0.1) is 6.61 Å². The van der Waals surface area contributed by atoms with Crippen LogP contribution in [0.1, 0.15) is 37.0 Å². The SMILES string of the molecule is C=C(C)C(=O)OCCc1cc(-c2ccc(CCO)cc2)ccc1CCC. The standard InChI is InChI=1S/C23H28O3/c1-4-5-19-10-11-21(20-8-6-18(7-9-20)12-14-24)16-22(19)13-15-26-23(25)17(2)3/h6-11,16,24H,2,4-5,12-15H2,1,3H3. The Morgan fingerprint density at radius 1 is 1.00 bits per heavy atom. The van der Waals surface area contributed by atoms with E-state index in [1.54, 1.807) is 6.92 Å². The van der Waals surface area contributed by atoms with Crippen LogP contribution < -0.4 is 0 Å². The number of hydrogen-bond donors (Lipinski definition) is 1. The fourth-order valence-electron chi connectivity index (χ4n) is 2.92. The maximum atomic E-state index is 11.6. The normalized spacial score (nSPS) is 10.6. The molecule has 0 fully saturated rings. The molecule has 0 aliphatic heterocycles. The number of ether oxygens (including phenoxy) is 1. The van der Waals surface area contributed by atoms with Crippen molar-refractivity contribution in [2.45, 2.75) is 39.5 Å². The van der Waals surface area contributed by atoms with E-state index < -0.39 is 0 Å². The predicted molar refractivity (Wildman–Crippen MR) is 106 cm³/mol. The molecule has 0 saturated carbocycles. The number of esters is 1. The predicted octanol–water partition coefficient (Wildman–Crippen LogP) is 4.50. The first-order chi connectivity index (χ1) is 12.5. The molecule has 2 aromatic rings. The van der Waals surface area contributed by atoms with Crippen LogP contribution in [-0.4, -0.2) is 24.3 Å². The molecule has 26 heavy (non-hydrogen) atoms. The van der Waals surface area contributed by atoms with Gasteiger partial charge in [-0.2, -0.15) is 0 Å². The minimum Gasteiger partial charge on any atom is -0.462 e. The fraction of sp³-hybridized carbons (Fsp3) is 0.348. The second-order valence-corrected chi connectivity index (χ2v) is 6.57. The average molecular weight is 352 g/mol. The molecule has 3 heteroatoms. The van der Waals surface area contributed by atoms with Crippen LogP contribution in [0.2, 0.25) is 0 Å². The smallest absolute Gasteiger partial charge is 0.333 e. The van der Waals surface area contributed by atoms with Crippen LogP contribution in [0, 0.1) is 0 Å². The summed E-state index contributed by atoms with van der Waals surface area (Å²) >= 11 is 0. The maximum absolute atomic E-state index is 11.6. The molecule has 1 N–H and O–H groups in total. The summed E-state index contributed by atoms with van der Waals surface area (Å²) in [5, 5.41) is 9.04. The van der Waals surface area contributed by atoms with Crippen LogP contribution in [0.5, 0.6) is 0 Å². The van der Waals surface area contributed by atoms with Gasteiger partial charge in [-0.15, -0.1) is 0 Å². The highest BCUT2D eigenvalue weighted by Gasteiger charge is 2.08. The number of aryl methyl sites for hydroxylation is 1. The van der Waals surface area contributed by atoms with Gasteiger partial charge in [-0.05, 0) is 47.6 Å². The van der Waals surface area contributed by atoms with E-state index >= 15 is 0 Å². The summed E-state index contributed by atoms with van der Waals surface area (Å²) in [6.45, 7) is 7.96. The third-order valence-corrected chi connectivity index (χ3v) is 4.37. The number of hydrogen-bond acceptors (Lipinski definition) is 3. The Morgan fingerprint density at radius 3 is 2.31 bits per heavy atom. The van der Waals surface area contributed by atoms with Gasteiger partial charge in [0.1, 0.15) is 0 Å². The zero-order chi connectivity index (χ0) is 18.9. The van der Waals surface area contributed by atoms with Crippen molar-refractivity contribution in [3.63, 3.8) is 0 Å². The molecule has 0 bridgehead atoms.